The maximum Gasteiger partial charge on any atom is 0.128 e. The summed E-state index contributed by atoms with van der Waals surface area (Å²) in [4.78, 5) is 0.954. The second-order valence-corrected chi connectivity index (χ2v) is 4.63. The van der Waals surface area contributed by atoms with Gasteiger partial charge < -0.3 is 9.73 Å². The van der Waals surface area contributed by atoms with Gasteiger partial charge in [0.1, 0.15) is 11.6 Å². The number of hydrogen-bond donors (Lipinski definition) is 1. The molecular formula is C13H14FNOS. The molecule has 0 saturated carbocycles. The van der Waals surface area contributed by atoms with E-state index < -0.39 is 0 Å². The van der Waals surface area contributed by atoms with Crippen molar-refractivity contribution in [1.29, 1.82) is 0 Å². The van der Waals surface area contributed by atoms with E-state index >= 15 is 0 Å². The molecule has 1 aromatic heterocycles. The summed E-state index contributed by atoms with van der Waals surface area (Å²) in [7, 11) is 1.81. The van der Waals surface area contributed by atoms with E-state index in [-0.39, 0.29) is 5.82 Å². The Morgan fingerprint density at radius 1 is 1.29 bits per heavy atom. The minimum absolute atomic E-state index is 0.163. The van der Waals surface area contributed by atoms with Gasteiger partial charge in [-0.25, -0.2) is 4.39 Å². The second kappa shape index (κ2) is 5.89. The van der Waals surface area contributed by atoms with E-state index in [9.17, 15) is 4.39 Å². The van der Waals surface area contributed by atoms with Crippen molar-refractivity contribution in [2.75, 3.05) is 7.05 Å². The van der Waals surface area contributed by atoms with Crippen molar-refractivity contribution in [3.63, 3.8) is 0 Å². The molecule has 0 aliphatic rings. The number of furan rings is 1. The lowest BCUT2D eigenvalue weighted by Gasteiger charge is -2.09. The molecule has 0 radical (unpaired) electrons. The normalized spacial score (nSPS) is 10.7. The van der Waals surface area contributed by atoms with Gasteiger partial charge in [-0.2, -0.15) is 0 Å². The molecule has 0 fully saturated rings. The Hall–Kier alpha value is -1.26. The van der Waals surface area contributed by atoms with Crippen LogP contribution < -0.4 is 5.32 Å². The topological polar surface area (TPSA) is 25.2 Å². The van der Waals surface area contributed by atoms with Crippen LogP contribution in [-0.2, 0) is 12.3 Å². The summed E-state index contributed by atoms with van der Waals surface area (Å²) < 4.78 is 18.9. The van der Waals surface area contributed by atoms with Crippen LogP contribution in [0.3, 0.4) is 0 Å². The summed E-state index contributed by atoms with van der Waals surface area (Å²) >= 11 is 1.59. The standard InChI is InChI=1S/C13H14FNOS/c1-15-8-11-12(14)5-2-6-13(11)17-9-10-4-3-7-16-10/h2-7,15H,8-9H2,1H3. The van der Waals surface area contributed by atoms with Gasteiger partial charge in [0.2, 0.25) is 0 Å². The predicted molar refractivity (Wildman–Crippen MR) is 67.4 cm³/mol. The first-order chi connectivity index (χ1) is 8.31. The molecule has 0 aliphatic heterocycles. The van der Waals surface area contributed by atoms with Gasteiger partial charge in [-0.1, -0.05) is 6.07 Å². The zero-order valence-corrected chi connectivity index (χ0v) is 10.4. The number of hydrogen-bond acceptors (Lipinski definition) is 3. The van der Waals surface area contributed by atoms with Crippen molar-refractivity contribution in [2.45, 2.75) is 17.2 Å². The number of halogens is 1. The predicted octanol–water partition coefficient (Wildman–Crippen LogP) is 3.43. The highest BCUT2D eigenvalue weighted by Gasteiger charge is 2.08. The first kappa shape index (κ1) is 12.2. The summed E-state index contributed by atoms with van der Waals surface area (Å²) in [5.74, 6) is 1.45. The van der Waals surface area contributed by atoms with Gasteiger partial charge in [0.05, 0.1) is 12.0 Å². The zero-order chi connectivity index (χ0) is 12.1. The lowest BCUT2D eigenvalue weighted by Crippen LogP contribution is -2.08. The maximum atomic E-state index is 13.6. The fourth-order valence-electron chi connectivity index (χ4n) is 1.57. The molecule has 4 heteroatoms. The first-order valence-corrected chi connectivity index (χ1v) is 6.37. The van der Waals surface area contributed by atoms with Crippen LogP contribution in [0.1, 0.15) is 11.3 Å². The highest BCUT2D eigenvalue weighted by atomic mass is 32.2. The van der Waals surface area contributed by atoms with Crippen LogP contribution in [0.2, 0.25) is 0 Å². The fraction of sp³-hybridized carbons (Fsp3) is 0.231. The van der Waals surface area contributed by atoms with Gasteiger partial charge in [-0.15, -0.1) is 11.8 Å². The summed E-state index contributed by atoms with van der Waals surface area (Å²) in [6, 6.07) is 8.94. The maximum absolute atomic E-state index is 13.6. The molecule has 2 aromatic rings. The summed E-state index contributed by atoms with van der Waals surface area (Å²) in [6.45, 7) is 0.535. The Balaban J connectivity index is 2.11. The summed E-state index contributed by atoms with van der Waals surface area (Å²) in [6.07, 6.45) is 1.65. The average molecular weight is 251 g/mol. The van der Waals surface area contributed by atoms with Crippen molar-refractivity contribution >= 4 is 11.8 Å². The molecule has 0 saturated heterocycles. The van der Waals surface area contributed by atoms with Crippen molar-refractivity contribution in [3.8, 4) is 0 Å². The SMILES string of the molecule is CNCc1c(F)cccc1SCc1ccco1. The van der Waals surface area contributed by atoms with Crippen LogP contribution in [0.15, 0.2) is 45.9 Å². The van der Waals surface area contributed by atoms with E-state index in [0.717, 1.165) is 10.7 Å². The van der Waals surface area contributed by atoms with E-state index in [0.29, 0.717) is 17.9 Å². The van der Waals surface area contributed by atoms with Crippen molar-refractivity contribution < 1.29 is 8.81 Å². The first-order valence-electron chi connectivity index (χ1n) is 5.38. The molecule has 0 bridgehead atoms. The van der Waals surface area contributed by atoms with Gasteiger partial charge in [0.25, 0.3) is 0 Å². The smallest absolute Gasteiger partial charge is 0.128 e. The second-order valence-electron chi connectivity index (χ2n) is 3.61. The molecule has 1 N–H and O–H groups in total. The number of nitrogens with one attached hydrogen (secondary N) is 1. The van der Waals surface area contributed by atoms with Gasteiger partial charge >= 0.3 is 0 Å². The third kappa shape index (κ3) is 3.11. The van der Waals surface area contributed by atoms with Crippen LogP contribution in [0, 0.1) is 5.82 Å². The number of rotatable bonds is 5. The zero-order valence-electron chi connectivity index (χ0n) is 9.57. The monoisotopic (exact) mass is 251 g/mol. The Morgan fingerprint density at radius 2 is 2.18 bits per heavy atom. The van der Waals surface area contributed by atoms with Crippen LogP contribution >= 0.6 is 11.8 Å². The minimum Gasteiger partial charge on any atom is -0.468 e. The number of benzene rings is 1. The van der Waals surface area contributed by atoms with Crippen molar-refractivity contribution in [2.24, 2.45) is 0 Å². The van der Waals surface area contributed by atoms with Gasteiger partial charge in [-0.3, -0.25) is 0 Å². The average Bonchev–Trinajstić information content (AvgIpc) is 2.83. The lowest BCUT2D eigenvalue weighted by molar-refractivity contribution is 0.530. The summed E-state index contributed by atoms with van der Waals surface area (Å²) in [5, 5.41) is 2.98. The van der Waals surface area contributed by atoms with Crippen molar-refractivity contribution in [3.05, 3.63) is 53.7 Å². The number of thioether (sulfide) groups is 1. The lowest BCUT2D eigenvalue weighted by atomic mass is 10.2. The molecule has 17 heavy (non-hydrogen) atoms. The third-order valence-corrected chi connectivity index (χ3v) is 3.50. The molecule has 1 heterocycles. The largest absolute Gasteiger partial charge is 0.468 e. The fourth-order valence-corrected chi connectivity index (χ4v) is 2.55. The Bertz CT molecular complexity index is 470. The molecule has 2 nitrogen and oxygen atoms in total. The van der Waals surface area contributed by atoms with Crippen LogP contribution in [0.5, 0.6) is 0 Å². The van der Waals surface area contributed by atoms with Crippen LogP contribution in [-0.4, -0.2) is 7.05 Å². The van der Waals surface area contributed by atoms with Crippen LogP contribution in [0.4, 0.5) is 4.39 Å². The minimum atomic E-state index is -0.163. The molecule has 0 amide bonds. The van der Waals surface area contributed by atoms with E-state index in [1.165, 1.54) is 6.07 Å². The molecule has 0 aliphatic carbocycles. The van der Waals surface area contributed by atoms with E-state index in [1.807, 2.05) is 25.2 Å². The molecular weight excluding hydrogens is 237 g/mol. The Morgan fingerprint density at radius 3 is 2.88 bits per heavy atom. The Kier molecular flexibility index (Phi) is 4.23. The molecule has 1 aromatic carbocycles. The molecule has 90 valence electrons. The molecule has 0 atom stereocenters. The van der Waals surface area contributed by atoms with E-state index in [2.05, 4.69) is 5.32 Å². The van der Waals surface area contributed by atoms with E-state index in [4.69, 9.17) is 4.42 Å². The highest BCUT2D eigenvalue weighted by molar-refractivity contribution is 7.98. The third-order valence-electron chi connectivity index (χ3n) is 2.38. The Labute approximate surface area is 104 Å². The molecule has 0 spiro atoms. The molecule has 2 rings (SSSR count). The van der Waals surface area contributed by atoms with Crippen molar-refractivity contribution in [1.82, 2.24) is 5.32 Å². The van der Waals surface area contributed by atoms with Crippen LogP contribution in [0.25, 0.3) is 0 Å². The summed E-state index contributed by atoms with van der Waals surface area (Å²) in [5.41, 5.74) is 0.714. The highest BCUT2D eigenvalue weighted by Crippen LogP contribution is 2.28. The van der Waals surface area contributed by atoms with Gasteiger partial charge in [0, 0.05) is 17.0 Å². The van der Waals surface area contributed by atoms with Gasteiger partial charge in [-0.05, 0) is 31.3 Å². The quantitative estimate of drug-likeness (QED) is 0.824. The molecule has 0 unspecified atom stereocenters. The van der Waals surface area contributed by atoms with E-state index in [1.54, 1.807) is 24.1 Å². The van der Waals surface area contributed by atoms with Gasteiger partial charge in [0.15, 0.2) is 0 Å².